The summed E-state index contributed by atoms with van der Waals surface area (Å²) in [5.74, 6) is -0.856. The summed E-state index contributed by atoms with van der Waals surface area (Å²) in [6.07, 6.45) is 0.769. The molecule has 0 saturated carbocycles. The summed E-state index contributed by atoms with van der Waals surface area (Å²) in [5, 5.41) is 3.11. The molecule has 0 fully saturated rings. The lowest BCUT2D eigenvalue weighted by atomic mass is 10.1. The van der Waals surface area contributed by atoms with Crippen LogP contribution in [0.2, 0.25) is 5.02 Å². The minimum absolute atomic E-state index is 0.0519. The third-order valence-corrected chi connectivity index (χ3v) is 5.05. The summed E-state index contributed by atoms with van der Waals surface area (Å²) in [7, 11) is 0. The second-order valence-corrected chi connectivity index (χ2v) is 7.77. The van der Waals surface area contributed by atoms with E-state index in [-0.39, 0.29) is 19.1 Å². The van der Waals surface area contributed by atoms with Crippen molar-refractivity contribution in [1.82, 2.24) is 10.2 Å². The Hall–Kier alpha value is -2.12. The Labute approximate surface area is 183 Å². The molecular formula is C21H23BrClFN2O3. The Morgan fingerprint density at radius 3 is 2.66 bits per heavy atom. The fourth-order valence-corrected chi connectivity index (χ4v) is 3.33. The molecule has 0 radical (unpaired) electrons. The van der Waals surface area contributed by atoms with Crippen LogP contribution < -0.4 is 10.1 Å². The van der Waals surface area contributed by atoms with E-state index >= 15 is 0 Å². The highest BCUT2D eigenvalue weighted by molar-refractivity contribution is 9.10. The molecule has 0 heterocycles. The molecule has 2 amide bonds. The third kappa shape index (κ3) is 6.72. The van der Waals surface area contributed by atoms with E-state index in [9.17, 15) is 14.0 Å². The lowest BCUT2D eigenvalue weighted by Crippen LogP contribution is -2.49. The van der Waals surface area contributed by atoms with Crippen LogP contribution in [0.5, 0.6) is 5.75 Å². The van der Waals surface area contributed by atoms with E-state index in [1.54, 1.807) is 43.3 Å². The fraction of sp³-hybridized carbons (Fsp3) is 0.333. The maximum Gasteiger partial charge on any atom is 0.261 e. The SMILES string of the molecule is CCCNC(=O)C(C)N(Cc1ccccc1F)C(=O)COc1ccc(Br)cc1Cl. The molecule has 2 aromatic carbocycles. The molecule has 156 valence electrons. The van der Waals surface area contributed by atoms with Gasteiger partial charge in [0, 0.05) is 23.1 Å². The van der Waals surface area contributed by atoms with Crippen LogP contribution in [0.25, 0.3) is 0 Å². The van der Waals surface area contributed by atoms with Crippen LogP contribution in [0, 0.1) is 5.82 Å². The molecule has 0 spiro atoms. The van der Waals surface area contributed by atoms with E-state index in [0.29, 0.717) is 22.9 Å². The Bertz CT molecular complexity index is 866. The Kier molecular flexibility index (Phi) is 8.92. The zero-order valence-corrected chi connectivity index (χ0v) is 18.6. The third-order valence-electron chi connectivity index (χ3n) is 4.26. The van der Waals surface area contributed by atoms with Gasteiger partial charge in [0.2, 0.25) is 5.91 Å². The molecule has 0 bridgehead atoms. The van der Waals surface area contributed by atoms with Crippen molar-refractivity contribution in [1.29, 1.82) is 0 Å². The van der Waals surface area contributed by atoms with Crippen molar-refractivity contribution < 1.29 is 18.7 Å². The van der Waals surface area contributed by atoms with Gasteiger partial charge in [-0.1, -0.05) is 52.7 Å². The van der Waals surface area contributed by atoms with Crippen molar-refractivity contribution in [3.8, 4) is 5.75 Å². The summed E-state index contributed by atoms with van der Waals surface area (Å²) in [4.78, 5) is 26.6. The maximum absolute atomic E-state index is 14.1. The summed E-state index contributed by atoms with van der Waals surface area (Å²) >= 11 is 9.42. The maximum atomic E-state index is 14.1. The first-order valence-corrected chi connectivity index (χ1v) is 10.4. The number of carbonyl (C=O) groups excluding carboxylic acids is 2. The monoisotopic (exact) mass is 484 g/mol. The molecule has 29 heavy (non-hydrogen) atoms. The van der Waals surface area contributed by atoms with Crippen LogP contribution in [0.15, 0.2) is 46.9 Å². The number of nitrogens with one attached hydrogen (secondary N) is 1. The first-order chi connectivity index (χ1) is 13.8. The number of amides is 2. The molecule has 0 aromatic heterocycles. The van der Waals surface area contributed by atoms with E-state index < -0.39 is 17.8 Å². The standard InChI is InChI=1S/C21H23BrClFN2O3/c1-3-10-25-21(28)14(2)26(12-15-6-4-5-7-18(15)24)20(27)13-29-19-9-8-16(22)11-17(19)23/h4-9,11,14H,3,10,12-13H2,1-2H3,(H,25,28). The minimum Gasteiger partial charge on any atom is -0.482 e. The van der Waals surface area contributed by atoms with E-state index in [0.717, 1.165) is 10.9 Å². The predicted molar refractivity (Wildman–Crippen MR) is 114 cm³/mol. The number of carbonyl (C=O) groups is 2. The van der Waals surface area contributed by atoms with Crippen LogP contribution >= 0.6 is 27.5 Å². The first-order valence-electron chi connectivity index (χ1n) is 9.22. The van der Waals surface area contributed by atoms with Gasteiger partial charge < -0.3 is 15.0 Å². The lowest BCUT2D eigenvalue weighted by molar-refractivity contribution is -0.142. The largest absolute Gasteiger partial charge is 0.482 e. The average molecular weight is 486 g/mol. The van der Waals surface area contributed by atoms with Crippen molar-refractivity contribution in [3.63, 3.8) is 0 Å². The van der Waals surface area contributed by atoms with Gasteiger partial charge in [0.25, 0.3) is 5.91 Å². The molecule has 1 atom stereocenters. The fourth-order valence-electron chi connectivity index (χ4n) is 2.60. The van der Waals surface area contributed by atoms with E-state index in [2.05, 4.69) is 21.2 Å². The molecular weight excluding hydrogens is 463 g/mol. The molecule has 2 rings (SSSR count). The van der Waals surface area contributed by atoms with Crippen molar-refractivity contribution in [2.75, 3.05) is 13.2 Å². The lowest BCUT2D eigenvalue weighted by Gasteiger charge is -2.29. The molecule has 0 aliphatic carbocycles. The zero-order valence-electron chi connectivity index (χ0n) is 16.3. The zero-order chi connectivity index (χ0) is 21.4. The Morgan fingerprint density at radius 1 is 1.28 bits per heavy atom. The number of ether oxygens (including phenoxy) is 1. The number of rotatable bonds is 9. The van der Waals surface area contributed by atoms with Gasteiger partial charge in [-0.15, -0.1) is 0 Å². The quantitative estimate of drug-likeness (QED) is 0.566. The van der Waals surface area contributed by atoms with Gasteiger partial charge in [0.1, 0.15) is 17.6 Å². The van der Waals surface area contributed by atoms with Crippen molar-refractivity contribution in [2.45, 2.75) is 32.9 Å². The topological polar surface area (TPSA) is 58.6 Å². The normalized spacial score (nSPS) is 11.6. The van der Waals surface area contributed by atoms with Gasteiger partial charge in [-0.05, 0) is 37.6 Å². The highest BCUT2D eigenvalue weighted by Gasteiger charge is 2.27. The second kappa shape index (κ2) is 11.2. The Balaban J connectivity index is 2.17. The summed E-state index contributed by atoms with van der Waals surface area (Å²) in [6, 6.07) is 10.4. The molecule has 2 aromatic rings. The van der Waals surface area contributed by atoms with E-state index in [4.69, 9.17) is 16.3 Å². The van der Waals surface area contributed by atoms with Crippen molar-refractivity contribution in [3.05, 3.63) is 63.3 Å². The van der Waals surface area contributed by atoms with Crippen LogP contribution in [-0.2, 0) is 16.1 Å². The number of hydrogen-bond donors (Lipinski definition) is 1. The van der Waals surface area contributed by atoms with Gasteiger partial charge in [0.15, 0.2) is 6.61 Å². The highest BCUT2D eigenvalue weighted by Crippen LogP contribution is 2.27. The van der Waals surface area contributed by atoms with Crippen molar-refractivity contribution in [2.24, 2.45) is 0 Å². The van der Waals surface area contributed by atoms with Gasteiger partial charge in [-0.3, -0.25) is 9.59 Å². The number of benzene rings is 2. The summed E-state index contributed by atoms with van der Waals surface area (Å²) < 4.78 is 20.5. The Morgan fingerprint density at radius 2 is 2.00 bits per heavy atom. The second-order valence-electron chi connectivity index (χ2n) is 6.44. The molecule has 1 unspecified atom stereocenters. The van der Waals surface area contributed by atoms with E-state index in [1.165, 1.54) is 11.0 Å². The highest BCUT2D eigenvalue weighted by atomic mass is 79.9. The van der Waals surface area contributed by atoms with Crippen LogP contribution in [0.1, 0.15) is 25.8 Å². The van der Waals surface area contributed by atoms with Crippen LogP contribution in [-0.4, -0.2) is 35.9 Å². The van der Waals surface area contributed by atoms with E-state index in [1.807, 2.05) is 6.92 Å². The molecule has 0 aliphatic heterocycles. The molecule has 8 heteroatoms. The predicted octanol–water partition coefficient (Wildman–Crippen LogP) is 4.56. The first kappa shape index (κ1) is 23.2. The van der Waals surface area contributed by atoms with Gasteiger partial charge >= 0.3 is 0 Å². The average Bonchev–Trinajstić information content (AvgIpc) is 2.70. The molecule has 0 aliphatic rings. The van der Waals surface area contributed by atoms with Gasteiger partial charge in [-0.2, -0.15) is 0 Å². The molecule has 5 nitrogen and oxygen atoms in total. The van der Waals surface area contributed by atoms with Gasteiger partial charge in [-0.25, -0.2) is 4.39 Å². The number of hydrogen-bond acceptors (Lipinski definition) is 3. The summed E-state index contributed by atoms with van der Waals surface area (Å²) in [6.45, 7) is 3.65. The van der Waals surface area contributed by atoms with Crippen molar-refractivity contribution >= 4 is 39.3 Å². The van der Waals surface area contributed by atoms with Crippen LogP contribution in [0.3, 0.4) is 0 Å². The van der Waals surface area contributed by atoms with Gasteiger partial charge in [0.05, 0.1) is 5.02 Å². The molecule has 1 N–H and O–H groups in total. The minimum atomic E-state index is -0.794. The number of nitrogens with zero attached hydrogens (tertiary/aromatic N) is 1. The molecule has 0 saturated heterocycles. The number of halogens is 3. The smallest absolute Gasteiger partial charge is 0.261 e. The van der Waals surface area contributed by atoms with Crippen LogP contribution in [0.4, 0.5) is 4.39 Å². The summed E-state index contributed by atoms with van der Waals surface area (Å²) in [5.41, 5.74) is 0.317.